The maximum absolute atomic E-state index is 13.5. The van der Waals surface area contributed by atoms with Gasteiger partial charge in [0.25, 0.3) is 0 Å². The molecule has 0 unspecified atom stereocenters. The van der Waals surface area contributed by atoms with Crippen molar-refractivity contribution in [1.29, 1.82) is 0 Å². The molecule has 0 aromatic carbocycles. The number of nitrogens with zero attached hydrogens (tertiary/aromatic N) is 6. The van der Waals surface area contributed by atoms with Crippen LogP contribution in [0.3, 0.4) is 0 Å². The van der Waals surface area contributed by atoms with Crippen LogP contribution in [-0.4, -0.2) is 64.1 Å². The number of rotatable bonds is 5. The molecular formula is C24H36N8O. The number of nitrogens with one attached hydrogen (secondary N) is 1. The van der Waals surface area contributed by atoms with Crippen molar-refractivity contribution in [2.75, 3.05) is 47.0 Å². The van der Waals surface area contributed by atoms with Crippen molar-refractivity contribution in [3.63, 3.8) is 0 Å². The molecule has 4 rings (SSSR count). The van der Waals surface area contributed by atoms with Crippen LogP contribution >= 0.6 is 0 Å². The minimum atomic E-state index is -0.251. The van der Waals surface area contributed by atoms with Gasteiger partial charge in [0.2, 0.25) is 0 Å². The Labute approximate surface area is 196 Å². The zero-order valence-corrected chi connectivity index (χ0v) is 19.8. The lowest BCUT2D eigenvalue weighted by Crippen LogP contribution is -2.45. The van der Waals surface area contributed by atoms with Crippen LogP contribution in [0.1, 0.15) is 52.4 Å². The number of hydrogen-bond donors (Lipinski definition) is 2. The van der Waals surface area contributed by atoms with E-state index in [9.17, 15) is 4.79 Å². The first kappa shape index (κ1) is 23.2. The van der Waals surface area contributed by atoms with E-state index in [1.807, 2.05) is 12.1 Å². The van der Waals surface area contributed by atoms with Gasteiger partial charge in [0, 0.05) is 44.5 Å². The number of anilines is 4. The van der Waals surface area contributed by atoms with Gasteiger partial charge in [-0.2, -0.15) is 0 Å². The average Bonchev–Trinajstić information content (AvgIpc) is 3.08. The lowest BCUT2D eigenvalue weighted by atomic mass is 9.94. The van der Waals surface area contributed by atoms with Crippen molar-refractivity contribution in [2.45, 2.75) is 64.5 Å². The van der Waals surface area contributed by atoms with E-state index in [1.54, 1.807) is 17.2 Å². The summed E-state index contributed by atoms with van der Waals surface area (Å²) in [7, 11) is 0. The zero-order valence-electron chi connectivity index (χ0n) is 19.8. The molecule has 2 amide bonds. The van der Waals surface area contributed by atoms with Crippen molar-refractivity contribution in [1.82, 2.24) is 19.9 Å². The predicted octanol–water partition coefficient (Wildman–Crippen LogP) is 3.75. The SMILES string of the molecule is CC(C)N1CCCN(c2ccc(N)c(N(C(=O)Nc3ccncn3)C3CCCCC3)n2)CC1. The van der Waals surface area contributed by atoms with Crippen LogP contribution in [0.15, 0.2) is 30.7 Å². The fraction of sp³-hybridized carbons (Fsp3) is 0.583. The van der Waals surface area contributed by atoms with Gasteiger partial charge in [-0.25, -0.2) is 19.7 Å². The number of nitrogen functional groups attached to an aromatic ring is 1. The molecule has 3 heterocycles. The third-order valence-corrected chi connectivity index (χ3v) is 6.68. The molecule has 33 heavy (non-hydrogen) atoms. The molecule has 1 saturated heterocycles. The Morgan fingerprint density at radius 2 is 1.91 bits per heavy atom. The summed E-state index contributed by atoms with van der Waals surface area (Å²) >= 11 is 0. The highest BCUT2D eigenvalue weighted by Crippen LogP contribution is 2.32. The van der Waals surface area contributed by atoms with E-state index in [1.165, 1.54) is 12.7 Å². The second-order valence-electron chi connectivity index (χ2n) is 9.24. The van der Waals surface area contributed by atoms with Crippen LogP contribution in [0.2, 0.25) is 0 Å². The molecule has 1 aliphatic carbocycles. The van der Waals surface area contributed by atoms with E-state index >= 15 is 0 Å². The normalized spacial score (nSPS) is 18.2. The topological polar surface area (TPSA) is 104 Å². The Balaban J connectivity index is 1.61. The molecule has 2 fully saturated rings. The minimum absolute atomic E-state index is 0.0613. The van der Waals surface area contributed by atoms with Gasteiger partial charge in [-0.1, -0.05) is 19.3 Å². The molecule has 2 aromatic rings. The summed E-state index contributed by atoms with van der Waals surface area (Å²) in [4.78, 5) is 33.1. The standard InChI is InChI=1S/C24H36N8O/c1-18(2)30-13-6-14-31(16-15-30)22-10-9-20(25)23(29-22)32(19-7-4-3-5-8-19)24(33)28-21-11-12-26-17-27-21/h9-12,17-19H,3-8,13-16,25H2,1-2H3,(H,26,27,28,33). The number of pyridine rings is 1. The Morgan fingerprint density at radius 3 is 2.64 bits per heavy atom. The molecule has 9 nitrogen and oxygen atoms in total. The summed E-state index contributed by atoms with van der Waals surface area (Å²) in [6.45, 7) is 8.42. The number of urea groups is 1. The number of carbonyl (C=O) groups is 1. The van der Waals surface area contributed by atoms with Gasteiger partial charge in [-0.05, 0) is 51.3 Å². The Kier molecular flexibility index (Phi) is 7.59. The maximum Gasteiger partial charge on any atom is 0.328 e. The Bertz CT molecular complexity index is 916. The first-order valence-electron chi connectivity index (χ1n) is 12.1. The largest absolute Gasteiger partial charge is 0.396 e. The van der Waals surface area contributed by atoms with Gasteiger partial charge >= 0.3 is 6.03 Å². The highest BCUT2D eigenvalue weighted by Gasteiger charge is 2.30. The average molecular weight is 453 g/mol. The summed E-state index contributed by atoms with van der Waals surface area (Å²) < 4.78 is 0. The van der Waals surface area contributed by atoms with Gasteiger partial charge in [0.05, 0.1) is 5.69 Å². The predicted molar refractivity (Wildman–Crippen MR) is 133 cm³/mol. The third kappa shape index (κ3) is 5.71. The molecular weight excluding hydrogens is 416 g/mol. The summed E-state index contributed by atoms with van der Waals surface area (Å²) in [6, 6.07) is 5.89. The van der Waals surface area contributed by atoms with Gasteiger partial charge in [0.1, 0.15) is 18.0 Å². The van der Waals surface area contributed by atoms with Crippen LogP contribution in [0, 0.1) is 0 Å². The van der Waals surface area contributed by atoms with Crippen LogP contribution in [0.4, 0.5) is 27.9 Å². The van der Waals surface area contributed by atoms with E-state index in [0.717, 1.165) is 64.1 Å². The Morgan fingerprint density at radius 1 is 1.09 bits per heavy atom. The van der Waals surface area contributed by atoms with Crippen molar-refractivity contribution >= 4 is 29.2 Å². The van der Waals surface area contributed by atoms with Gasteiger partial charge in [0.15, 0.2) is 5.82 Å². The molecule has 2 aliphatic rings. The summed E-state index contributed by atoms with van der Waals surface area (Å²) in [6.07, 6.45) is 9.39. The van der Waals surface area contributed by atoms with Gasteiger partial charge in [-0.3, -0.25) is 15.1 Å². The summed E-state index contributed by atoms with van der Waals surface area (Å²) in [5.41, 5.74) is 6.93. The second-order valence-corrected chi connectivity index (χ2v) is 9.24. The first-order valence-corrected chi connectivity index (χ1v) is 12.1. The quantitative estimate of drug-likeness (QED) is 0.712. The molecule has 2 aromatic heterocycles. The number of aromatic nitrogens is 3. The van der Waals surface area contributed by atoms with Crippen LogP contribution < -0.4 is 20.9 Å². The monoisotopic (exact) mass is 452 g/mol. The highest BCUT2D eigenvalue weighted by atomic mass is 16.2. The molecule has 0 atom stereocenters. The first-order chi connectivity index (χ1) is 16.0. The lowest BCUT2D eigenvalue weighted by molar-refractivity contribution is 0.238. The fourth-order valence-electron chi connectivity index (χ4n) is 4.81. The van der Waals surface area contributed by atoms with E-state index in [-0.39, 0.29) is 12.1 Å². The second kappa shape index (κ2) is 10.8. The van der Waals surface area contributed by atoms with Gasteiger partial charge in [-0.15, -0.1) is 0 Å². The smallest absolute Gasteiger partial charge is 0.328 e. The number of nitrogens with two attached hydrogens (primary N) is 1. The van der Waals surface area contributed by atoms with E-state index < -0.39 is 0 Å². The lowest BCUT2D eigenvalue weighted by Gasteiger charge is -2.34. The van der Waals surface area contributed by atoms with Crippen molar-refractivity contribution < 1.29 is 4.79 Å². The van der Waals surface area contributed by atoms with E-state index in [2.05, 4.69) is 38.9 Å². The van der Waals surface area contributed by atoms with Crippen molar-refractivity contribution in [3.05, 3.63) is 30.7 Å². The highest BCUT2D eigenvalue weighted by molar-refractivity contribution is 6.02. The number of hydrogen-bond acceptors (Lipinski definition) is 7. The van der Waals surface area contributed by atoms with Crippen molar-refractivity contribution in [3.8, 4) is 0 Å². The molecule has 1 aliphatic heterocycles. The molecule has 9 heteroatoms. The van der Waals surface area contributed by atoms with Crippen LogP contribution in [-0.2, 0) is 0 Å². The summed E-state index contributed by atoms with van der Waals surface area (Å²) in [5, 5.41) is 2.91. The Hall–Kier alpha value is -2.94. The van der Waals surface area contributed by atoms with E-state index in [0.29, 0.717) is 23.4 Å². The maximum atomic E-state index is 13.5. The molecule has 0 spiro atoms. The molecule has 178 valence electrons. The number of carbonyl (C=O) groups excluding carboxylic acids is 1. The molecule has 3 N–H and O–H groups in total. The van der Waals surface area contributed by atoms with Crippen LogP contribution in [0.25, 0.3) is 0 Å². The van der Waals surface area contributed by atoms with E-state index in [4.69, 9.17) is 10.7 Å². The third-order valence-electron chi connectivity index (χ3n) is 6.68. The zero-order chi connectivity index (χ0) is 23.2. The number of amides is 2. The fourth-order valence-corrected chi connectivity index (χ4v) is 4.81. The van der Waals surface area contributed by atoms with Crippen molar-refractivity contribution in [2.24, 2.45) is 0 Å². The molecule has 0 bridgehead atoms. The summed E-state index contributed by atoms with van der Waals surface area (Å²) in [5.74, 6) is 1.88. The van der Waals surface area contributed by atoms with Crippen LogP contribution in [0.5, 0.6) is 0 Å². The molecule has 0 radical (unpaired) electrons. The molecule has 1 saturated carbocycles. The minimum Gasteiger partial charge on any atom is -0.396 e. The van der Waals surface area contributed by atoms with Gasteiger partial charge < -0.3 is 10.6 Å².